The molecule has 0 aliphatic rings. The van der Waals surface area contributed by atoms with E-state index in [1.807, 2.05) is 21.0 Å². The van der Waals surface area contributed by atoms with E-state index in [0.29, 0.717) is 6.04 Å². The standard InChI is InChI=1S/C14H24N2O/c1-11(2)15-14(3,10-17)12-6-8-13(9-7-12)16(4)5/h6-9,11,15,17H,10H2,1-5H3. The predicted molar refractivity (Wildman–Crippen MR) is 73.5 cm³/mol. The Morgan fingerprint density at radius 1 is 1.24 bits per heavy atom. The minimum absolute atomic E-state index is 0.0898. The highest BCUT2D eigenvalue weighted by molar-refractivity contribution is 5.47. The van der Waals surface area contributed by atoms with Gasteiger partial charge in [-0.1, -0.05) is 12.1 Å². The average Bonchev–Trinajstić information content (AvgIpc) is 2.28. The second-order valence-electron chi connectivity index (χ2n) is 5.23. The van der Waals surface area contributed by atoms with Gasteiger partial charge >= 0.3 is 0 Å². The molecule has 0 spiro atoms. The first-order valence-electron chi connectivity index (χ1n) is 6.05. The largest absolute Gasteiger partial charge is 0.394 e. The van der Waals surface area contributed by atoms with Crippen molar-refractivity contribution in [3.05, 3.63) is 29.8 Å². The molecule has 0 fully saturated rings. The molecule has 17 heavy (non-hydrogen) atoms. The molecule has 3 nitrogen and oxygen atoms in total. The minimum Gasteiger partial charge on any atom is -0.394 e. The molecular formula is C14H24N2O. The SMILES string of the molecule is CC(C)NC(C)(CO)c1ccc(N(C)C)cc1. The summed E-state index contributed by atoms with van der Waals surface area (Å²) in [6.45, 7) is 6.29. The molecule has 0 saturated carbocycles. The summed E-state index contributed by atoms with van der Waals surface area (Å²) in [5.41, 5.74) is 1.90. The Morgan fingerprint density at radius 2 is 1.76 bits per heavy atom. The quantitative estimate of drug-likeness (QED) is 0.820. The van der Waals surface area contributed by atoms with Gasteiger partial charge in [0, 0.05) is 25.8 Å². The molecule has 1 atom stereocenters. The highest BCUT2D eigenvalue weighted by Crippen LogP contribution is 2.23. The summed E-state index contributed by atoms with van der Waals surface area (Å²) < 4.78 is 0. The van der Waals surface area contributed by atoms with Gasteiger partial charge in [-0.3, -0.25) is 0 Å². The Hall–Kier alpha value is -1.06. The van der Waals surface area contributed by atoms with E-state index in [-0.39, 0.29) is 12.1 Å². The fourth-order valence-corrected chi connectivity index (χ4v) is 1.98. The Morgan fingerprint density at radius 3 is 2.12 bits per heavy atom. The zero-order chi connectivity index (χ0) is 13.1. The van der Waals surface area contributed by atoms with Crippen LogP contribution in [0.1, 0.15) is 26.3 Å². The van der Waals surface area contributed by atoms with E-state index in [0.717, 1.165) is 5.56 Å². The van der Waals surface area contributed by atoms with E-state index in [9.17, 15) is 5.11 Å². The monoisotopic (exact) mass is 236 g/mol. The van der Waals surface area contributed by atoms with Crippen molar-refractivity contribution < 1.29 is 5.11 Å². The normalized spacial score (nSPS) is 14.8. The van der Waals surface area contributed by atoms with Gasteiger partial charge in [-0.2, -0.15) is 0 Å². The van der Waals surface area contributed by atoms with Crippen LogP contribution < -0.4 is 10.2 Å². The first kappa shape index (κ1) is 14.0. The zero-order valence-electron chi connectivity index (χ0n) is 11.5. The average molecular weight is 236 g/mol. The molecule has 0 aromatic heterocycles. The van der Waals surface area contributed by atoms with Crippen LogP contribution in [-0.4, -0.2) is 31.9 Å². The molecule has 1 unspecified atom stereocenters. The van der Waals surface area contributed by atoms with Crippen LogP contribution in [0.15, 0.2) is 24.3 Å². The molecule has 2 N–H and O–H groups in total. The van der Waals surface area contributed by atoms with E-state index in [4.69, 9.17) is 0 Å². The molecule has 1 aromatic rings. The molecule has 96 valence electrons. The van der Waals surface area contributed by atoms with E-state index in [1.165, 1.54) is 5.69 Å². The zero-order valence-corrected chi connectivity index (χ0v) is 11.5. The van der Waals surface area contributed by atoms with Crippen LogP contribution in [0.3, 0.4) is 0 Å². The molecule has 1 rings (SSSR count). The van der Waals surface area contributed by atoms with Crippen molar-refractivity contribution in [2.45, 2.75) is 32.4 Å². The van der Waals surface area contributed by atoms with Gasteiger partial charge in [0.1, 0.15) is 0 Å². The number of nitrogens with one attached hydrogen (secondary N) is 1. The fourth-order valence-electron chi connectivity index (χ4n) is 1.98. The maximum atomic E-state index is 9.59. The Bertz CT molecular complexity index is 346. The number of aliphatic hydroxyl groups excluding tert-OH is 1. The van der Waals surface area contributed by atoms with Gasteiger partial charge in [0.2, 0.25) is 0 Å². The minimum atomic E-state index is -0.376. The van der Waals surface area contributed by atoms with E-state index in [2.05, 4.69) is 48.3 Å². The van der Waals surface area contributed by atoms with E-state index in [1.54, 1.807) is 0 Å². The lowest BCUT2D eigenvalue weighted by Gasteiger charge is -2.32. The topological polar surface area (TPSA) is 35.5 Å². The van der Waals surface area contributed by atoms with Gasteiger partial charge in [-0.25, -0.2) is 0 Å². The lowest BCUT2D eigenvalue weighted by Crippen LogP contribution is -2.46. The molecule has 3 heteroatoms. The predicted octanol–water partition coefficient (Wildman–Crippen LogP) is 1.96. The van der Waals surface area contributed by atoms with Crippen molar-refractivity contribution in [3.8, 4) is 0 Å². The van der Waals surface area contributed by atoms with Crippen LogP contribution in [0.5, 0.6) is 0 Å². The molecule has 0 saturated heterocycles. The molecule has 0 aliphatic heterocycles. The lowest BCUT2D eigenvalue weighted by molar-refractivity contribution is 0.166. The third kappa shape index (κ3) is 3.45. The Labute approximate surface area is 104 Å². The molecular weight excluding hydrogens is 212 g/mol. The summed E-state index contributed by atoms with van der Waals surface area (Å²) in [6, 6.07) is 8.62. The van der Waals surface area contributed by atoms with Gasteiger partial charge in [-0.15, -0.1) is 0 Å². The third-order valence-electron chi connectivity index (χ3n) is 2.94. The Balaban J connectivity index is 2.96. The Kier molecular flexibility index (Phi) is 4.54. The summed E-state index contributed by atoms with van der Waals surface area (Å²) in [4.78, 5) is 2.07. The molecule has 0 bridgehead atoms. The molecule has 0 amide bonds. The van der Waals surface area contributed by atoms with Crippen LogP contribution >= 0.6 is 0 Å². The van der Waals surface area contributed by atoms with Crippen LogP contribution in [0.4, 0.5) is 5.69 Å². The summed E-state index contributed by atoms with van der Waals surface area (Å²) in [5, 5.41) is 13.0. The van der Waals surface area contributed by atoms with Gasteiger partial charge in [0.15, 0.2) is 0 Å². The van der Waals surface area contributed by atoms with E-state index < -0.39 is 0 Å². The maximum absolute atomic E-state index is 9.59. The van der Waals surface area contributed by atoms with Crippen LogP contribution in [-0.2, 0) is 5.54 Å². The smallest absolute Gasteiger partial charge is 0.0652 e. The number of hydrogen-bond donors (Lipinski definition) is 2. The second kappa shape index (κ2) is 5.52. The van der Waals surface area contributed by atoms with Crippen molar-refractivity contribution in [1.29, 1.82) is 0 Å². The van der Waals surface area contributed by atoms with Crippen molar-refractivity contribution >= 4 is 5.69 Å². The molecule has 0 aliphatic carbocycles. The number of aliphatic hydroxyl groups is 1. The van der Waals surface area contributed by atoms with Crippen molar-refractivity contribution in [2.75, 3.05) is 25.6 Å². The number of hydrogen-bond acceptors (Lipinski definition) is 3. The third-order valence-corrected chi connectivity index (χ3v) is 2.94. The maximum Gasteiger partial charge on any atom is 0.0652 e. The lowest BCUT2D eigenvalue weighted by atomic mass is 9.92. The van der Waals surface area contributed by atoms with E-state index >= 15 is 0 Å². The van der Waals surface area contributed by atoms with Crippen LogP contribution in [0.2, 0.25) is 0 Å². The second-order valence-corrected chi connectivity index (χ2v) is 5.23. The fraction of sp³-hybridized carbons (Fsp3) is 0.571. The molecule has 0 heterocycles. The van der Waals surface area contributed by atoms with Gasteiger partial charge < -0.3 is 15.3 Å². The molecule has 0 radical (unpaired) electrons. The van der Waals surface area contributed by atoms with Crippen molar-refractivity contribution in [1.82, 2.24) is 5.32 Å². The number of benzene rings is 1. The van der Waals surface area contributed by atoms with Crippen LogP contribution in [0.25, 0.3) is 0 Å². The summed E-state index contributed by atoms with van der Waals surface area (Å²) in [7, 11) is 4.04. The summed E-state index contributed by atoms with van der Waals surface area (Å²) >= 11 is 0. The molecule has 1 aromatic carbocycles. The first-order chi connectivity index (χ1) is 7.89. The van der Waals surface area contributed by atoms with Gasteiger partial charge in [-0.05, 0) is 38.5 Å². The van der Waals surface area contributed by atoms with Gasteiger partial charge in [0.05, 0.1) is 12.1 Å². The van der Waals surface area contributed by atoms with Crippen LogP contribution in [0, 0.1) is 0 Å². The first-order valence-corrected chi connectivity index (χ1v) is 6.05. The number of rotatable bonds is 5. The summed E-state index contributed by atoms with van der Waals surface area (Å²) in [6.07, 6.45) is 0. The highest BCUT2D eigenvalue weighted by Gasteiger charge is 2.26. The van der Waals surface area contributed by atoms with Crippen molar-refractivity contribution in [3.63, 3.8) is 0 Å². The number of nitrogens with zero attached hydrogens (tertiary/aromatic N) is 1. The van der Waals surface area contributed by atoms with Crippen molar-refractivity contribution in [2.24, 2.45) is 0 Å². The van der Waals surface area contributed by atoms with Gasteiger partial charge in [0.25, 0.3) is 0 Å². The summed E-state index contributed by atoms with van der Waals surface area (Å²) in [5.74, 6) is 0. The highest BCUT2D eigenvalue weighted by atomic mass is 16.3. The number of anilines is 1.